The molecular weight excluding hydrogens is 278 g/mol. The second-order valence-corrected chi connectivity index (χ2v) is 4.54. The third kappa shape index (κ3) is 2.99. The highest BCUT2D eigenvalue weighted by molar-refractivity contribution is 6.01. The van der Waals surface area contributed by atoms with Crippen molar-refractivity contribution < 1.29 is 18.0 Å². The van der Waals surface area contributed by atoms with Crippen molar-refractivity contribution in [3.63, 3.8) is 0 Å². The van der Waals surface area contributed by atoms with Crippen molar-refractivity contribution in [2.45, 2.75) is 20.4 Å². The number of hydrogen-bond donors (Lipinski definition) is 0. The topological polar surface area (TPSA) is 46.3 Å². The van der Waals surface area contributed by atoms with E-state index in [2.05, 4.69) is 11.6 Å². The van der Waals surface area contributed by atoms with E-state index in [9.17, 15) is 13.6 Å². The predicted octanol–water partition coefficient (Wildman–Crippen LogP) is 3.29. The molecule has 0 saturated carbocycles. The van der Waals surface area contributed by atoms with E-state index in [1.54, 1.807) is 6.92 Å². The Kier molecular flexibility index (Phi) is 4.16. The molecule has 1 heterocycles. The first kappa shape index (κ1) is 14.9. The zero-order valence-corrected chi connectivity index (χ0v) is 11.7. The molecule has 6 heteroatoms. The zero-order valence-electron chi connectivity index (χ0n) is 11.7. The number of halogens is 2. The highest BCUT2D eigenvalue weighted by Gasteiger charge is 2.21. The Labute approximate surface area is 120 Å². The Balaban J connectivity index is 2.46. The number of oxazole rings is 1. The largest absolute Gasteiger partial charge is 0.448 e. The van der Waals surface area contributed by atoms with Crippen LogP contribution in [0.15, 0.2) is 35.6 Å². The first-order valence-electron chi connectivity index (χ1n) is 6.22. The molecule has 4 nitrogen and oxygen atoms in total. The number of carbonyl (C=O) groups excluding carboxylic acids is 1. The maximum Gasteiger partial charge on any atom is 0.250 e. The third-order valence-electron chi connectivity index (χ3n) is 3.11. The van der Waals surface area contributed by atoms with Gasteiger partial charge < -0.3 is 4.42 Å². The summed E-state index contributed by atoms with van der Waals surface area (Å²) in [6.07, 6.45) is 2.31. The van der Waals surface area contributed by atoms with Crippen LogP contribution in [-0.4, -0.2) is 10.9 Å². The third-order valence-corrected chi connectivity index (χ3v) is 3.11. The molecule has 2 rings (SSSR count). The van der Waals surface area contributed by atoms with Gasteiger partial charge in [-0.2, -0.15) is 0 Å². The number of aromatic nitrogens is 1. The summed E-state index contributed by atoms with van der Waals surface area (Å²) >= 11 is 0. The van der Waals surface area contributed by atoms with Gasteiger partial charge in [-0.15, -0.1) is 0 Å². The summed E-state index contributed by atoms with van der Waals surface area (Å²) in [6, 6.07) is 2.03. The average Bonchev–Trinajstić information content (AvgIpc) is 2.85. The van der Waals surface area contributed by atoms with Gasteiger partial charge in [-0.05, 0) is 31.6 Å². The van der Waals surface area contributed by atoms with Crippen LogP contribution in [0.4, 0.5) is 14.5 Å². The summed E-state index contributed by atoms with van der Waals surface area (Å²) in [5.74, 6) is -1.48. The smallest absolute Gasteiger partial charge is 0.250 e. The van der Waals surface area contributed by atoms with E-state index in [1.807, 2.05) is 0 Å². The second kappa shape index (κ2) is 5.87. The van der Waals surface area contributed by atoms with Crippen molar-refractivity contribution in [1.29, 1.82) is 0 Å². The second-order valence-electron chi connectivity index (χ2n) is 4.54. The fourth-order valence-electron chi connectivity index (χ4n) is 1.87. The number of nitrogens with zero attached hydrogens (tertiary/aromatic N) is 2. The maximum absolute atomic E-state index is 14.0. The van der Waals surface area contributed by atoms with Crippen LogP contribution in [0.1, 0.15) is 17.0 Å². The van der Waals surface area contributed by atoms with E-state index in [4.69, 9.17) is 4.42 Å². The van der Waals surface area contributed by atoms with Gasteiger partial charge in [0.05, 0.1) is 12.2 Å². The molecule has 0 aliphatic heterocycles. The quantitative estimate of drug-likeness (QED) is 0.812. The molecule has 0 radical (unpaired) electrons. The molecule has 2 aromatic rings. The Bertz CT molecular complexity index is 695. The number of anilines is 1. The minimum atomic E-state index is -0.825. The number of benzene rings is 1. The molecular formula is C15H14F2N2O2. The summed E-state index contributed by atoms with van der Waals surface area (Å²) in [4.78, 5) is 17.1. The molecule has 0 aliphatic rings. The lowest BCUT2D eigenvalue weighted by Gasteiger charge is -2.21. The van der Waals surface area contributed by atoms with Crippen molar-refractivity contribution in [1.82, 2.24) is 4.98 Å². The van der Waals surface area contributed by atoms with Gasteiger partial charge in [-0.3, -0.25) is 9.69 Å². The highest BCUT2D eigenvalue weighted by Crippen LogP contribution is 2.25. The van der Waals surface area contributed by atoms with Gasteiger partial charge in [0.25, 0.3) is 5.91 Å². The Hall–Kier alpha value is -2.50. The molecule has 1 amide bonds. The Morgan fingerprint density at radius 3 is 2.67 bits per heavy atom. The number of rotatable bonds is 4. The number of aryl methyl sites for hydroxylation is 2. The number of carbonyl (C=O) groups is 1. The summed E-state index contributed by atoms with van der Waals surface area (Å²) < 4.78 is 32.4. The number of amides is 1. The first-order chi connectivity index (χ1) is 9.93. The van der Waals surface area contributed by atoms with Crippen LogP contribution in [0.25, 0.3) is 0 Å². The molecule has 0 spiro atoms. The molecule has 0 aliphatic carbocycles. The van der Waals surface area contributed by atoms with E-state index >= 15 is 0 Å². The summed E-state index contributed by atoms with van der Waals surface area (Å²) in [7, 11) is 0. The lowest BCUT2D eigenvalue weighted by Crippen LogP contribution is -2.30. The molecule has 21 heavy (non-hydrogen) atoms. The monoisotopic (exact) mass is 292 g/mol. The van der Waals surface area contributed by atoms with Crippen molar-refractivity contribution in [2.75, 3.05) is 4.90 Å². The molecule has 0 bridgehead atoms. The van der Waals surface area contributed by atoms with E-state index in [1.165, 1.54) is 19.4 Å². The van der Waals surface area contributed by atoms with E-state index in [0.717, 1.165) is 17.0 Å². The van der Waals surface area contributed by atoms with Crippen LogP contribution in [0, 0.1) is 25.5 Å². The van der Waals surface area contributed by atoms with Crippen LogP contribution in [-0.2, 0) is 11.3 Å². The molecule has 110 valence electrons. The molecule has 1 aromatic carbocycles. The lowest BCUT2D eigenvalue weighted by molar-refractivity contribution is -0.114. The molecule has 0 saturated heterocycles. The Morgan fingerprint density at radius 1 is 1.38 bits per heavy atom. The van der Waals surface area contributed by atoms with Gasteiger partial charge in [0.1, 0.15) is 23.1 Å². The van der Waals surface area contributed by atoms with Crippen molar-refractivity contribution in [3.05, 3.63) is 59.8 Å². The van der Waals surface area contributed by atoms with Gasteiger partial charge in [0, 0.05) is 6.07 Å². The van der Waals surface area contributed by atoms with Crippen LogP contribution in [0.3, 0.4) is 0 Å². The summed E-state index contributed by atoms with van der Waals surface area (Å²) in [6.45, 7) is 6.59. The minimum Gasteiger partial charge on any atom is -0.448 e. The Morgan fingerprint density at radius 2 is 2.10 bits per heavy atom. The fourth-order valence-corrected chi connectivity index (χ4v) is 1.87. The van der Waals surface area contributed by atoms with Gasteiger partial charge in [-0.25, -0.2) is 13.8 Å². The van der Waals surface area contributed by atoms with E-state index in [-0.39, 0.29) is 17.8 Å². The summed E-state index contributed by atoms with van der Waals surface area (Å²) in [5.41, 5.74) is 0.706. The molecule has 1 aromatic heterocycles. The molecule has 0 fully saturated rings. The van der Waals surface area contributed by atoms with Crippen LogP contribution in [0.5, 0.6) is 0 Å². The van der Waals surface area contributed by atoms with Gasteiger partial charge >= 0.3 is 0 Å². The standard InChI is InChI=1S/C15H14F2N2O2/c1-4-15(20)19(7-13-10(3)21-8-18-13)14-5-9(2)11(16)6-12(14)17/h4-6,8H,1,7H2,2-3H3. The summed E-state index contributed by atoms with van der Waals surface area (Å²) in [5, 5.41) is 0. The highest BCUT2D eigenvalue weighted by atomic mass is 19.1. The van der Waals surface area contributed by atoms with Crippen molar-refractivity contribution in [3.8, 4) is 0 Å². The number of hydrogen-bond acceptors (Lipinski definition) is 3. The van der Waals surface area contributed by atoms with Gasteiger partial charge in [-0.1, -0.05) is 6.58 Å². The van der Waals surface area contributed by atoms with Crippen LogP contribution in [0.2, 0.25) is 0 Å². The van der Waals surface area contributed by atoms with Crippen LogP contribution < -0.4 is 4.90 Å². The average molecular weight is 292 g/mol. The van der Waals surface area contributed by atoms with E-state index < -0.39 is 17.5 Å². The van der Waals surface area contributed by atoms with Gasteiger partial charge in [0.15, 0.2) is 6.39 Å². The predicted molar refractivity (Wildman–Crippen MR) is 73.7 cm³/mol. The fraction of sp³-hybridized carbons (Fsp3) is 0.200. The maximum atomic E-state index is 14.0. The molecule has 0 unspecified atom stereocenters. The van der Waals surface area contributed by atoms with Crippen molar-refractivity contribution >= 4 is 11.6 Å². The van der Waals surface area contributed by atoms with E-state index in [0.29, 0.717) is 11.5 Å². The normalized spacial score (nSPS) is 10.5. The SMILES string of the molecule is C=CC(=O)N(Cc1ncoc1C)c1cc(C)c(F)cc1F. The first-order valence-corrected chi connectivity index (χ1v) is 6.22. The molecule has 0 atom stereocenters. The molecule has 0 N–H and O–H groups in total. The van der Waals surface area contributed by atoms with Gasteiger partial charge in [0.2, 0.25) is 0 Å². The van der Waals surface area contributed by atoms with Crippen molar-refractivity contribution in [2.24, 2.45) is 0 Å². The zero-order chi connectivity index (χ0) is 15.6. The van der Waals surface area contributed by atoms with Crippen LogP contribution >= 0.6 is 0 Å². The lowest BCUT2D eigenvalue weighted by atomic mass is 10.1. The minimum absolute atomic E-state index is 0.00911.